The van der Waals surface area contributed by atoms with Crippen molar-refractivity contribution in [3.8, 4) is 0 Å². The molecule has 114 valence electrons. The summed E-state index contributed by atoms with van der Waals surface area (Å²) in [7, 11) is 0. The molecule has 1 heterocycles. The van der Waals surface area contributed by atoms with E-state index in [4.69, 9.17) is 9.40 Å². The van der Waals surface area contributed by atoms with E-state index < -0.39 is 0 Å². The van der Waals surface area contributed by atoms with Gasteiger partial charge in [-0.05, 0) is 39.2 Å². The van der Waals surface area contributed by atoms with Crippen LogP contribution in [-0.2, 0) is 6.42 Å². The third kappa shape index (κ3) is 2.16. The summed E-state index contributed by atoms with van der Waals surface area (Å²) in [4.78, 5) is 4.70. The Morgan fingerprint density at radius 2 is 1.42 bits per heavy atom. The summed E-state index contributed by atoms with van der Waals surface area (Å²) in [5, 5.41) is 4.87. The van der Waals surface area contributed by atoms with Crippen molar-refractivity contribution in [1.29, 1.82) is 0 Å². The summed E-state index contributed by atoms with van der Waals surface area (Å²) in [6, 6.07) is 27.3. The van der Waals surface area contributed by atoms with Gasteiger partial charge in [0.15, 0.2) is 11.5 Å². The molecule has 0 aliphatic heterocycles. The smallest absolute Gasteiger partial charge is 0.199 e. The number of nitrogens with zero attached hydrogens (tertiary/aromatic N) is 1. The zero-order valence-corrected chi connectivity index (χ0v) is 13.1. The summed E-state index contributed by atoms with van der Waals surface area (Å²) in [6.07, 6.45) is 0.701. The van der Waals surface area contributed by atoms with E-state index >= 15 is 0 Å². The normalized spacial score (nSPS) is 11.5. The highest BCUT2D eigenvalue weighted by Crippen LogP contribution is 2.26. The number of aromatic nitrogens is 1. The van der Waals surface area contributed by atoms with Crippen molar-refractivity contribution < 1.29 is 4.42 Å². The number of hydrogen-bond donors (Lipinski definition) is 0. The van der Waals surface area contributed by atoms with Crippen molar-refractivity contribution in [2.75, 3.05) is 0 Å². The van der Waals surface area contributed by atoms with Gasteiger partial charge in [0.1, 0.15) is 5.52 Å². The fourth-order valence-electron chi connectivity index (χ4n) is 3.35. The molecule has 2 nitrogen and oxygen atoms in total. The van der Waals surface area contributed by atoms with E-state index in [9.17, 15) is 0 Å². The third-order valence-corrected chi connectivity index (χ3v) is 4.52. The van der Waals surface area contributed by atoms with Crippen molar-refractivity contribution in [3.05, 3.63) is 90.3 Å². The second kappa shape index (κ2) is 5.20. The van der Waals surface area contributed by atoms with Gasteiger partial charge in [-0.2, -0.15) is 0 Å². The topological polar surface area (TPSA) is 26.0 Å². The van der Waals surface area contributed by atoms with Crippen molar-refractivity contribution in [3.63, 3.8) is 0 Å². The zero-order valence-electron chi connectivity index (χ0n) is 13.1. The van der Waals surface area contributed by atoms with Gasteiger partial charge < -0.3 is 4.42 Å². The van der Waals surface area contributed by atoms with Gasteiger partial charge in [-0.15, -0.1) is 0 Å². The minimum atomic E-state index is 0.701. The average molecular weight is 309 g/mol. The molecule has 24 heavy (non-hydrogen) atoms. The quantitative estimate of drug-likeness (QED) is 0.416. The van der Waals surface area contributed by atoms with Gasteiger partial charge >= 0.3 is 0 Å². The van der Waals surface area contributed by atoms with Crippen molar-refractivity contribution in [2.45, 2.75) is 6.42 Å². The van der Waals surface area contributed by atoms with Gasteiger partial charge in [-0.3, -0.25) is 0 Å². The van der Waals surface area contributed by atoms with E-state index in [-0.39, 0.29) is 0 Å². The Morgan fingerprint density at radius 3 is 2.29 bits per heavy atom. The molecule has 4 aromatic carbocycles. The third-order valence-electron chi connectivity index (χ3n) is 4.52. The van der Waals surface area contributed by atoms with Crippen LogP contribution in [0.1, 0.15) is 11.5 Å². The summed E-state index contributed by atoms with van der Waals surface area (Å²) in [6.45, 7) is 0. The molecule has 0 amide bonds. The van der Waals surface area contributed by atoms with Crippen LogP contribution in [0.3, 0.4) is 0 Å². The highest BCUT2D eigenvalue weighted by molar-refractivity contribution is 5.94. The number of oxazole rings is 1. The van der Waals surface area contributed by atoms with E-state index in [2.05, 4.69) is 66.7 Å². The largest absolute Gasteiger partial charge is 0.440 e. The lowest BCUT2D eigenvalue weighted by Crippen LogP contribution is -1.89. The molecule has 0 atom stereocenters. The molecule has 0 bridgehead atoms. The van der Waals surface area contributed by atoms with Crippen LogP contribution in [-0.4, -0.2) is 4.98 Å². The van der Waals surface area contributed by atoms with E-state index in [0.717, 1.165) is 17.0 Å². The molecule has 0 saturated carbocycles. The number of benzene rings is 4. The predicted octanol–water partition coefficient (Wildman–Crippen LogP) is 5.73. The zero-order chi connectivity index (χ0) is 15.9. The van der Waals surface area contributed by atoms with Gasteiger partial charge in [-0.1, -0.05) is 66.7 Å². The molecule has 5 rings (SSSR count). The molecular formula is C22H15NO. The Bertz CT molecular complexity index is 1130. The van der Waals surface area contributed by atoms with Gasteiger partial charge in [0.05, 0.1) is 6.42 Å². The molecule has 0 unspecified atom stereocenters. The second-order valence-corrected chi connectivity index (χ2v) is 6.09. The van der Waals surface area contributed by atoms with Crippen LogP contribution in [0.5, 0.6) is 0 Å². The summed E-state index contributed by atoms with van der Waals surface area (Å²) in [5.74, 6) is 0.761. The van der Waals surface area contributed by atoms with E-state index in [1.807, 2.05) is 12.1 Å². The van der Waals surface area contributed by atoms with E-state index in [1.165, 1.54) is 27.1 Å². The lowest BCUT2D eigenvalue weighted by atomic mass is 10.0. The van der Waals surface area contributed by atoms with Gasteiger partial charge in [0.25, 0.3) is 0 Å². The second-order valence-electron chi connectivity index (χ2n) is 6.09. The molecule has 0 N–H and O–H groups in total. The SMILES string of the molecule is c1ccc2cc3oc(Cc4cccc5ccccc45)nc3cc2c1. The first kappa shape index (κ1) is 13.3. The van der Waals surface area contributed by atoms with Gasteiger partial charge in [-0.25, -0.2) is 4.98 Å². The molecule has 1 aromatic heterocycles. The molecule has 0 spiro atoms. The maximum absolute atomic E-state index is 6.02. The summed E-state index contributed by atoms with van der Waals surface area (Å²) in [5.41, 5.74) is 3.01. The van der Waals surface area contributed by atoms with Crippen LogP contribution in [0.4, 0.5) is 0 Å². The highest BCUT2D eigenvalue weighted by Gasteiger charge is 2.09. The van der Waals surface area contributed by atoms with Crippen LogP contribution in [0.15, 0.2) is 83.3 Å². The molecule has 0 aliphatic rings. The maximum Gasteiger partial charge on any atom is 0.199 e. The standard InChI is InChI=1S/C22H15NO/c1-2-8-17-13-21-20(12-16(17)7-1)23-22(24-21)14-18-10-5-9-15-6-3-4-11-19(15)18/h1-13H,14H2. The minimum Gasteiger partial charge on any atom is -0.440 e. The van der Waals surface area contributed by atoms with Crippen LogP contribution >= 0.6 is 0 Å². The number of hydrogen-bond acceptors (Lipinski definition) is 2. The maximum atomic E-state index is 6.02. The fourth-order valence-corrected chi connectivity index (χ4v) is 3.35. The molecule has 0 saturated heterocycles. The van der Waals surface area contributed by atoms with Crippen LogP contribution < -0.4 is 0 Å². The summed E-state index contributed by atoms with van der Waals surface area (Å²) < 4.78 is 6.02. The Hall–Kier alpha value is -3.13. The molecule has 0 aliphatic carbocycles. The Morgan fingerprint density at radius 1 is 0.708 bits per heavy atom. The number of fused-ring (bicyclic) bond motifs is 3. The average Bonchev–Trinajstić information content (AvgIpc) is 3.01. The van der Waals surface area contributed by atoms with E-state index in [1.54, 1.807) is 0 Å². The van der Waals surface area contributed by atoms with Gasteiger partial charge in [0.2, 0.25) is 0 Å². The molecular weight excluding hydrogens is 294 g/mol. The molecule has 0 radical (unpaired) electrons. The van der Waals surface area contributed by atoms with Crippen molar-refractivity contribution in [1.82, 2.24) is 4.98 Å². The van der Waals surface area contributed by atoms with Crippen LogP contribution in [0.2, 0.25) is 0 Å². The Labute approximate surface area is 139 Å². The monoisotopic (exact) mass is 309 g/mol. The first-order valence-electron chi connectivity index (χ1n) is 8.12. The van der Waals surface area contributed by atoms with Crippen molar-refractivity contribution >= 4 is 32.6 Å². The Balaban J connectivity index is 1.62. The first-order valence-corrected chi connectivity index (χ1v) is 8.12. The highest BCUT2D eigenvalue weighted by atomic mass is 16.3. The minimum absolute atomic E-state index is 0.701. The Kier molecular flexibility index (Phi) is 2.89. The van der Waals surface area contributed by atoms with Gasteiger partial charge in [0, 0.05) is 0 Å². The first-order chi connectivity index (χ1) is 11.9. The predicted molar refractivity (Wildman–Crippen MR) is 98.3 cm³/mol. The fraction of sp³-hybridized carbons (Fsp3) is 0.0455. The number of rotatable bonds is 2. The van der Waals surface area contributed by atoms with Crippen LogP contribution in [0.25, 0.3) is 32.6 Å². The summed E-state index contributed by atoms with van der Waals surface area (Å²) >= 11 is 0. The van der Waals surface area contributed by atoms with E-state index in [0.29, 0.717) is 6.42 Å². The van der Waals surface area contributed by atoms with Crippen molar-refractivity contribution in [2.24, 2.45) is 0 Å². The lowest BCUT2D eigenvalue weighted by molar-refractivity contribution is 0.545. The molecule has 0 fully saturated rings. The molecule has 5 aromatic rings. The lowest BCUT2D eigenvalue weighted by Gasteiger charge is -2.03. The molecule has 2 heteroatoms. The van der Waals surface area contributed by atoms with Crippen LogP contribution in [0, 0.1) is 0 Å².